The molecule has 0 saturated carbocycles. The van der Waals surface area contributed by atoms with Gasteiger partial charge in [-0.05, 0) is 45.2 Å². The van der Waals surface area contributed by atoms with Crippen LogP contribution in [0.15, 0.2) is 0 Å². The summed E-state index contributed by atoms with van der Waals surface area (Å²) in [6, 6.07) is 0. The van der Waals surface area contributed by atoms with Crippen LogP contribution >= 0.6 is 12.4 Å². The van der Waals surface area contributed by atoms with Crippen molar-refractivity contribution >= 4 is 24.3 Å². The molecule has 2 aliphatic heterocycles. The molecular weight excluding hydrogens is 330 g/mol. The number of hydrogen-bond acceptors (Lipinski definition) is 5. The number of piperidine rings is 1. The zero-order valence-electron chi connectivity index (χ0n) is 15.2. The third-order valence-corrected chi connectivity index (χ3v) is 4.98. The number of hydrogen-bond donors (Lipinski definition) is 1. The van der Waals surface area contributed by atoms with E-state index in [9.17, 15) is 9.59 Å². The van der Waals surface area contributed by atoms with Gasteiger partial charge in [0.1, 0.15) is 0 Å². The Balaban J connectivity index is 0.00000288. The quantitative estimate of drug-likeness (QED) is 0.719. The number of nitrogens with zero attached hydrogens (tertiary/aromatic N) is 2. The van der Waals surface area contributed by atoms with Crippen molar-refractivity contribution in [2.24, 2.45) is 11.3 Å². The predicted octanol–water partition coefficient (Wildman–Crippen LogP) is 1.14. The van der Waals surface area contributed by atoms with Crippen LogP contribution in [-0.4, -0.2) is 74.6 Å². The third-order valence-electron chi connectivity index (χ3n) is 4.98. The summed E-state index contributed by atoms with van der Waals surface area (Å²) in [5, 5.41) is 3.39. The number of nitrogens with one attached hydrogen (secondary N) is 1. The van der Waals surface area contributed by atoms with E-state index in [1.807, 2.05) is 18.9 Å². The van der Waals surface area contributed by atoms with Crippen molar-refractivity contribution in [3.8, 4) is 0 Å². The van der Waals surface area contributed by atoms with E-state index < -0.39 is 0 Å². The Morgan fingerprint density at radius 2 is 2.00 bits per heavy atom. The van der Waals surface area contributed by atoms with Crippen LogP contribution < -0.4 is 5.32 Å². The molecule has 2 aliphatic rings. The number of carbonyl (C=O) groups is 2. The molecule has 1 N–H and O–H groups in total. The van der Waals surface area contributed by atoms with Gasteiger partial charge in [-0.25, -0.2) is 0 Å². The summed E-state index contributed by atoms with van der Waals surface area (Å²) in [7, 11) is 2.02. The molecule has 0 spiro atoms. The molecule has 6 nitrogen and oxygen atoms in total. The van der Waals surface area contributed by atoms with Gasteiger partial charge in [0.15, 0.2) is 0 Å². The van der Waals surface area contributed by atoms with E-state index in [4.69, 9.17) is 4.74 Å². The Bertz CT molecular complexity index is 419. The first-order valence-electron chi connectivity index (χ1n) is 8.77. The maximum Gasteiger partial charge on any atom is 0.309 e. The third kappa shape index (κ3) is 5.90. The second-order valence-electron chi connectivity index (χ2n) is 7.32. The zero-order valence-corrected chi connectivity index (χ0v) is 16.0. The van der Waals surface area contributed by atoms with Crippen LogP contribution in [0.4, 0.5) is 0 Å². The van der Waals surface area contributed by atoms with Gasteiger partial charge in [-0.3, -0.25) is 14.5 Å². The predicted molar refractivity (Wildman–Crippen MR) is 96.3 cm³/mol. The molecule has 140 valence electrons. The zero-order chi connectivity index (χ0) is 16.9. The number of likely N-dealkylation sites (tertiary alicyclic amines) is 1. The number of halogens is 1. The Hall–Kier alpha value is -0.850. The van der Waals surface area contributed by atoms with E-state index in [2.05, 4.69) is 17.1 Å². The summed E-state index contributed by atoms with van der Waals surface area (Å²) in [4.78, 5) is 28.2. The number of likely N-dealkylation sites (N-methyl/N-ethyl adjacent to an activating group) is 1. The van der Waals surface area contributed by atoms with Gasteiger partial charge in [0, 0.05) is 26.2 Å². The lowest BCUT2D eigenvalue weighted by Gasteiger charge is -2.34. The minimum atomic E-state index is -0.113. The smallest absolute Gasteiger partial charge is 0.309 e. The maximum atomic E-state index is 12.4. The van der Waals surface area contributed by atoms with Gasteiger partial charge in [-0.1, -0.05) is 6.92 Å². The Kier molecular flexibility index (Phi) is 8.46. The van der Waals surface area contributed by atoms with Crippen molar-refractivity contribution in [3.05, 3.63) is 0 Å². The van der Waals surface area contributed by atoms with Gasteiger partial charge in [0.05, 0.1) is 19.1 Å². The van der Waals surface area contributed by atoms with Crippen molar-refractivity contribution in [2.45, 2.75) is 33.1 Å². The first kappa shape index (κ1) is 21.2. The Morgan fingerprint density at radius 3 is 2.54 bits per heavy atom. The lowest BCUT2D eigenvalue weighted by atomic mass is 9.89. The SMILES string of the molecule is CCOC(=O)C1CCN(C(=O)CN(C)CC2(C)CCNC2)CC1.Cl. The van der Waals surface area contributed by atoms with Gasteiger partial charge < -0.3 is 15.0 Å². The minimum absolute atomic E-state index is 0. The van der Waals surface area contributed by atoms with Crippen molar-refractivity contribution in [2.75, 3.05) is 52.9 Å². The highest BCUT2D eigenvalue weighted by molar-refractivity contribution is 5.85. The highest BCUT2D eigenvalue weighted by Crippen LogP contribution is 2.25. The van der Waals surface area contributed by atoms with E-state index in [-0.39, 0.29) is 35.6 Å². The Morgan fingerprint density at radius 1 is 1.33 bits per heavy atom. The molecule has 2 fully saturated rings. The second kappa shape index (κ2) is 9.59. The maximum absolute atomic E-state index is 12.4. The van der Waals surface area contributed by atoms with Crippen molar-refractivity contribution in [1.82, 2.24) is 15.1 Å². The molecule has 0 aliphatic carbocycles. The van der Waals surface area contributed by atoms with E-state index in [1.165, 1.54) is 0 Å². The lowest BCUT2D eigenvalue weighted by molar-refractivity contribution is -0.151. The van der Waals surface area contributed by atoms with Crippen LogP contribution in [0.3, 0.4) is 0 Å². The Labute approximate surface area is 151 Å². The lowest BCUT2D eigenvalue weighted by Crippen LogP contribution is -2.46. The van der Waals surface area contributed by atoms with Gasteiger partial charge in [0.2, 0.25) is 5.91 Å². The van der Waals surface area contributed by atoms with Gasteiger partial charge in [0.25, 0.3) is 0 Å². The summed E-state index contributed by atoms with van der Waals surface area (Å²) < 4.78 is 5.07. The summed E-state index contributed by atoms with van der Waals surface area (Å²) in [5.41, 5.74) is 0.270. The average Bonchev–Trinajstić information content (AvgIpc) is 2.93. The molecule has 0 bridgehead atoms. The van der Waals surface area contributed by atoms with Gasteiger partial charge in [-0.2, -0.15) is 0 Å². The summed E-state index contributed by atoms with van der Waals surface area (Å²) >= 11 is 0. The average molecular weight is 362 g/mol. The monoisotopic (exact) mass is 361 g/mol. The molecule has 0 aromatic rings. The van der Waals surface area contributed by atoms with Crippen LogP contribution in [-0.2, 0) is 14.3 Å². The van der Waals surface area contributed by atoms with Crippen molar-refractivity contribution < 1.29 is 14.3 Å². The summed E-state index contributed by atoms with van der Waals surface area (Å²) in [6.45, 7) is 9.34. The molecule has 0 aromatic carbocycles. The fourth-order valence-corrected chi connectivity index (χ4v) is 3.67. The molecule has 0 radical (unpaired) electrons. The molecule has 2 heterocycles. The van der Waals surface area contributed by atoms with E-state index in [1.54, 1.807) is 0 Å². The number of amides is 1. The molecule has 0 aromatic heterocycles. The number of ether oxygens (including phenoxy) is 1. The normalized spacial score (nSPS) is 24.8. The first-order chi connectivity index (χ1) is 10.9. The van der Waals surface area contributed by atoms with Crippen LogP contribution in [0.1, 0.15) is 33.1 Å². The molecule has 1 amide bonds. The van der Waals surface area contributed by atoms with E-state index >= 15 is 0 Å². The second-order valence-corrected chi connectivity index (χ2v) is 7.32. The summed E-state index contributed by atoms with van der Waals surface area (Å²) in [5.74, 6) is 0.0166. The van der Waals surface area contributed by atoms with E-state index in [0.717, 1.165) is 38.9 Å². The molecule has 1 atom stereocenters. The van der Waals surface area contributed by atoms with Crippen molar-refractivity contribution in [1.29, 1.82) is 0 Å². The summed E-state index contributed by atoms with van der Waals surface area (Å²) in [6.07, 6.45) is 2.60. The molecule has 2 saturated heterocycles. The molecule has 2 rings (SSSR count). The van der Waals surface area contributed by atoms with E-state index in [0.29, 0.717) is 26.2 Å². The molecular formula is C17H32ClN3O3. The standard InChI is InChI=1S/C17H31N3O3.ClH/c1-4-23-16(22)14-5-9-20(10-6-14)15(21)11-19(3)13-17(2)7-8-18-12-17;/h14,18H,4-13H2,1-3H3;1H. The molecule has 1 unspecified atom stereocenters. The fourth-order valence-electron chi connectivity index (χ4n) is 3.67. The highest BCUT2D eigenvalue weighted by atomic mass is 35.5. The van der Waals surface area contributed by atoms with Gasteiger partial charge >= 0.3 is 5.97 Å². The first-order valence-corrected chi connectivity index (χ1v) is 8.77. The highest BCUT2D eigenvalue weighted by Gasteiger charge is 2.32. The van der Waals surface area contributed by atoms with Crippen LogP contribution in [0.5, 0.6) is 0 Å². The van der Waals surface area contributed by atoms with Crippen molar-refractivity contribution in [3.63, 3.8) is 0 Å². The fraction of sp³-hybridized carbons (Fsp3) is 0.882. The van der Waals surface area contributed by atoms with Crippen LogP contribution in [0.2, 0.25) is 0 Å². The van der Waals surface area contributed by atoms with Gasteiger partial charge in [-0.15, -0.1) is 12.4 Å². The minimum Gasteiger partial charge on any atom is -0.466 e. The number of carbonyl (C=O) groups excluding carboxylic acids is 2. The molecule has 7 heteroatoms. The number of esters is 1. The topological polar surface area (TPSA) is 61.9 Å². The largest absolute Gasteiger partial charge is 0.466 e. The number of rotatable bonds is 6. The van der Waals surface area contributed by atoms with Crippen LogP contribution in [0.25, 0.3) is 0 Å². The molecule has 24 heavy (non-hydrogen) atoms. The van der Waals surface area contributed by atoms with Crippen LogP contribution in [0, 0.1) is 11.3 Å².